The molecule has 106 valence electrons. The van der Waals surface area contributed by atoms with E-state index in [-0.39, 0.29) is 18.1 Å². The maximum Gasteiger partial charge on any atom is 0.586 e. The second-order valence-electron chi connectivity index (χ2n) is 4.21. The fourth-order valence-corrected chi connectivity index (χ4v) is 1.85. The van der Waals surface area contributed by atoms with Gasteiger partial charge in [0.05, 0.1) is 6.54 Å². The van der Waals surface area contributed by atoms with Crippen molar-refractivity contribution in [3.05, 3.63) is 41.9 Å². The molecule has 0 atom stereocenters. The summed E-state index contributed by atoms with van der Waals surface area (Å²) in [5.74, 6) is 1.07. The summed E-state index contributed by atoms with van der Waals surface area (Å²) in [7, 11) is 0. The van der Waals surface area contributed by atoms with Gasteiger partial charge in [0.2, 0.25) is 0 Å². The van der Waals surface area contributed by atoms with Crippen LogP contribution in [0.25, 0.3) is 0 Å². The normalized spacial score (nSPS) is 15.3. The predicted octanol–water partition coefficient (Wildman–Crippen LogP) is 2.71. The van der Waals surface area contributed by atoms with E-state index in [1.54, 1.807) is 18.2 Å². The van der Waals surface area contributed by atoms with Crippen molar-refractivity contribution in [1.82, 2.24) is 0 Å². The van der Waals surface area contributed by atoms with E-state index in [0.717, 1.165) is 0 Å². The number of hydrogen-bond acceptors (Lipinski definition) is 5. The topological polar surface area (TPSA) is 63.9 Å². The van der Waals surface area contributed by atoms with Crippen molar-refractivity contribution in [3.8, 4) is 11.5 Å². The van der Waals surface area contributed by atoms with Crippen molar-refractivity contribution in [3.63, 3.8) is 0 Å². The van der Waals surface area contributed by atoms with Crippen LogP contribution in [-0.2, 0) is 13.2 Å². The van der Waals surface area contributed by atoms with Crippen LogP contribution in [0.3, 0.4) is 0 Å². The number of anilines is 1. The van der Waals surface area contributed by atoms with Gasteiger partial charge in [0.15, 0.2) is 11.5 Å². The Hall–Kier alpha value is -2.28. The molecule has 1 aliphatic heterocycles. The van der Waals surface area contributed by atoms with Crippen LogP contribution in [0.5, 0.6) is 11.5 Å². The molecule has 3 rings (SSSR count). The van der Waals surface area contributed by atoms with Crippen molar-refractivity contribution in [2.45, 2.75) is 19.4 Å². The molecule has 0 aliphatic carbocycles. The highest BCUT2D eigenvalue weighted by Gasteiger charge is 2.43. The lowest BCUT2D eigenvalue weighted by Gasteiger charge is -2.05. The lowest BCUT2D eigenvalue weighted by molar-refractivity contribution is -0.286. The molecule has 20 heavy (non-hydrogen) atoms. The van der Waals surface area contributed by atoms with Gasteiger partial charge in [0.25, 0.3) is 0 Å². The molecule has 1 aromatic heterocycles. The third kappa shape index (κ3) is 2.53. The number of ether oxygens (including phenoxy) is 2. The number of aliphatic hydroxyl groups is 1. The Bertz CT molecular complexity index is 627. The molecule has 0 radical (unpaired) electrons. The molecule has 2 N–H and O–H groups in total. The van der Waals surface area contributed by atoms with Crippen LogP contribution in [0.15, 0.2) is 34.7 Å². The van der Waals surface area contributed by atoms with Crippen molar-refractivity contribution in [1.29, 1.82) is 0 Å². The van der Waals surface area contributed by atoms with E-state index in [9.17, 15) is 8.78 Å². The standard InChI is InChI=1S/C13H11F2NO4/c14-13(15)19-11-4-1-8(5-12(11)20-13)16-6-9-2-3-10(7-17)18-9/h1-5,16-17H,6-7H2. The Kier molecular flexibility index (Phi) is 2.98. The fourth-order valence-electron chi connectivity index (χ4n) is 1.85. The van der Waals surface area contributed by atoms with Gasteiger partial charge in [-0.05, 0) is 24.3 Å². The smallest absolute Gasteiger partial charge is 0.462 e. The lowest BCUT2D eigenvalue weighted by Crippen LogP contribution is -2.25. The summed E-state index contributed by atoms with van der Waals surface area (Å²) in [4.78, 5) is 0. The third-order valence-corrected chi connectivity index (χ3v) is 2.74. The molecular formula is C13H11F2NO4. The molecule has 7 heteroatoms. The minimum Gasteiger partial charge on any atom is -0.462 e. The summed E-state index contributed by atoms with van der Waals surface area (Å²) in [5, 5.41) is 11.9. The second kappa shape index (κ2) is 4.68. The van der Waals surface area contributed by atoms with Crippen molar-refractivity contribution >= 4 is 5.69 Å². The number of aliphatic hydroxyl groups excluding tert-OH is 1. The maximum atomic E-state index is 12.9. The van der Waals surface area contributed by atoms with Crippen LogP contribution in [0.4, 0.5) is 14.5 Å². The van der Waals surface area contributed by atoms with Crippen molar-refractivity contribution < 1.29 is 27.8 Å². The van der Waals surface area contributed by atoms with E-state index in [1.807, 2.05) is 0 Å². The van der Waals surface area contributed by atoms with Crippen molar-refractivity contribution in [2.75, 3.05) is 5.32 Å². The second-order valence-corrected chi connectivity index (χ2v) is 4.21. The van der Waals surface area contributed by atoms with E-state index in [4.69, 9.17) is 9.52 Å². The number of furan rings is 1. The molecule has 0 amide bonds. The summed E-state index contributed by atoms with van der Waals surface area (Å²) in [6, 6.07) is 7.81. The zero-order valence-electron chi connectivity index (χ0n) is 10.2. The van der Waals surface area contributed by atoms with E-state index in [2.05, 4.69) is 14.8 Å². The Labute approximate surface area is 112 Å². The van der Waals surface area contributed by atoms with E-state index >= 15 is 0 Å². The van der Waals surface area contributed by atoms with Gasteiger partial charge in [-0.1, -0.05) is 0 Å². The average molecular weight is 283 g/mol. The largest absolute Gasteiger partial charge is 0.586 e. The quantitative estimate of drug-likeness (QED) is 0.903. The Morgan fingerprint density at radius 1 is 1.05 bits per heavy atom. The Morgan fingerprint density at radius 3 is 2.55 bits per heavy atom. The summed E-state index contributed by atoms with van der Waals surface area (Å²) in [6.07, 6.45) is -3.61. The van der Waals surface area contributed by atoms with Gasteiger partial charge in [-0.2, -0.15) is 0 Å². The maximum absolute atomic E-state index is 12.9. The minimum absolute atomic E-state index is 0.00103. The van der Waals surface area contributed by atoms with Crippen LogP contribution in [0, 0.1) is 0 Å². The summed E-state index contributed by atoms with van der Waals surface area (Å²) >= 11 is 0. The van der Waals surface area contributed by atoms with Crippen molar-refractivity contribution in [2.24, 2.45) is 0 Å². The van der Waals surface area contributed by atoms with Crippen LogP contribution in [0.1, 0.15) is 11.5 Å². The first-order valence-electron chi connectivity index (χ1n) is 5.88. The first-order chi connectivity index (χ1) is 9.55. The number of nitrogens with one attached hydrogen (secondary N) is 1. The van der Waals surface area contributed by atoms with Gasteiger partial charge in [-0.15, -0.1) is 8.78 Å². The SMILES string of the molecule is OCc1ccc(CNc2ccc3c(c2)OC(F)(F)O3)o1. The van der Waals surface area contributed by atoms with Crippen LogP contribution in [0.2, 0.25) is 0 Å². The molecule has 0 bridgehead atoms. The molecule has 2 heterocycles. The number of alkyl halides is 2. The molecule has 1 aliphatic rings. The van der Waals surface area contributed by atoms with Crippen LogP contribution < -0.4 is 14.8 Å². The minimum atomic E-state index is -3.61. The molecule has 0 fully saturated rings. The number of hydrogen-bond donors (Lipinski definition) is 2. The van der Waals surface area contributed by atoms with Gasteiger partial charge in [0.1, 0.15) is 18.1 Å². The van der Waals surface area contributed by atoms with Gasteiger partial charge >= 0.3 is 6.29 Å². The summed E-state index contributed by atoms with van der Waals surface area (Å²) in [6.45, 7) is 0.190. The Morgan fingerprint density at radius 2 is 1.80 bits per heavy atom. The van der Waals surface area contributed by atoms with Gasteiger partial charge in [-0.25, -0.2) is 0 Å². The lowest BCUT2D eigenvalue weighted by atomic mass is 10.2. The first kappa shape index (κ1) is 12.7. The highest BCUT2D eigenvalue weighted by Crippen LogP contribution is 2.42. The molecular weight excluding hydrogens is 272 g/mol. The van der Waals surface area contributed by atoms with Gasteiger partial charge in [-0.3, -0.25) is 0 Å². The molecule has 0 spiro atoms. The molecule has 2 aromatic rings. The van der Waals surface area contributed by atoms with Crippen LogP contribution >= 0.6 is 0 Å². The molecule has 0 saturated carbocycles. The summed E-state index contributed by atoms with van der Waals surface area (Å²) in [5.41, 5.74) is 0.590. The summed E-state index contributed by atoms with van der Waals surface area (Å²) < 4.78 is 39.7. The van der Waals surface area contributed by atoms with E-state index in [1.165, 1.54) is 12.1 Å². The number of halogens is 2. The van der Waals surface area contributed by atoms with E-state index in [0.29, 0.717) is 23.8 Å². The predicted molar refractivity (Wildman–Crippen MR) is 64.6 cm³/mol. The Balaban J connectivity index is 1.67. The molecule has 0 unspecified atom stereocenters. The first-order valence-corrected chi connectivity index (χ1v) is 5.88. The van der Waals surface area contributed by atoms with Gasteiger partial charge in [0, 0.05) is 11.8 Å². The zero-order valence-corrected chi connectivity index (χ0v) is 10.2. The average Bonchev–Trinajstić information content (AvgIpc) is 2.97. The molecule has 5 nitrogen and oxygen atoms in total. The third-order valence-electron chi connectivity index (χ3n) is 2.74. The zero-order chi connectivity index (χ0) is 14.2. The fraction of sp³-hybridized carbons (Fsp3) is 0.231. The molecule has 1 aromatic carbocycles. The van der Waals surface area contributed by atoms with Gasteiger partial charge < -0.3 is 24.3 Å². The monoisotopic (exact) mass is 283 g/mol. The number of fused-ring (bicyclic) bond motifs is 1. The van der Waals surface area contributed by atoms with Crippen LogP contribution in [-0.4, -0.2) is 11.4 Å². The number of rotatable bonds is 4. The van der Waals surface area contributed by atoms with E-state index < -0.39 is 6.29 Å². The number of benzene rings is 1. The highest BCUT2D eigenvalue weighted by molar-refractivity contribution is 5.56. The highest BCUT2D eigenvalue weighted by atomic mass is 19.3. The molecule has 0 saturated heterocycles.